The number of carbonyl (C=O) groups excluding carboxylic acids is 2. The molecule has 4 fully saturated rings. The third-order valence-corrected chi connectivity index (χ3v) is 13.0. The van der Waals surface area contributed by atoms with Crippen LogP contribution in [0.25, 0.3) is 0 Å². The minimum atomic E-state index is -1.29. The second-order valence-corrected chi connectivity index (χ2v) is 17.3. The van der Waals surface area contributed by atoms with Crippen LogP contribution in [0.2, 0.25) is 0 Å². The number of aliphatic hydroxyl groups excluding tert-OH is 4. The van der Waals surface area contributed by atoms with Crippen LogP contribution in [-0.2, 0) is 57.0 Å². The summed E-state index contributed by atoms with van der Waals surface area (Å²) >= 11 is 0. The van der Waals surface area contributed by atoms with Gasteiger partial charge >= 0.3 is 5.97 Å². The summed E-state index contributed by atoms with van der Waals surface area (Å²) in [5.41, 5.74) is -0.720. The lowest BCUT2D eigenvalue weighted by molar-refractivity contribution is -0.306. The predicted octanol–water partition coefficient (Wildman–Crippen LogP) is 1.42. The molecule has 19 atom stereocenters. The molecule has 0 unspecified atom stereocenters. The summed E-state index contributed by atoms with van der Waals surface area (Å²) in [6.45, 7) is 10.9. The van der Waals surface area contributed by atoms with E-state index in [-0.39, 0.29) is 31.7 Å². The van der Waals surface area contributed by atoms with Gasteiger partial charge in [-0.3, -0.25) is 9.59 Å². The number of nitrogens with zero attached hydrogens (tertiary/aromatic N) is 1. The lowest BCUT2D eigenvalue weighted by atomic mass is 9.78. The lowest BCUT2D eigenvalue weighted by Gasteiger charge is -2.47. The van der Waals surface area contributed by atoms with Gasteiger partial charge in [0.15, 0.2) is 18.9 Å². The van der Waals surface area contributed by atoms with Crippen molar-refractivity contribution in [3.8, 4) is 0 Å². The van der Waals surface area contributed by atoms with Crippen LogP contribution in [-0.4, -0.2) is 184 Å². The largest absolute Gasteiger partial charge is 0.462 e. The van der Waals surface area contributed by atoms with Gasteiger partial charge < -0.3 is 72.7 Å². The number of esters is 1. The molecule has 4 saturated heterocycles. The van der Waals surface area contributed by atoms with Crippen molar-refractivity contribution in [3.05, 3.63) is 0 Å². The van der Waals surface area contributed by atoms with E-state index >= 15 is 0 Å². The van der Waals surface area contributed by atoms with Crippen LogP contribution in [0.3, 0.4) is 0 Å². The normalized spacial score (nSPS) is 44.9. The molecule has 0 aromatic heterocycles. The van der Waals surface area contributed by atoms with Crippen LogP contribution < -0.4 is 0 Å². The Labute approximate surface area is 344 Å². The van der Waals surface area contributed by atoms with Crippen molar-refractivity contribution in [2.45, 2.75) is 178 Å². The van der Waals surface area contributed by atoms with Crippen molar-refractivity contribution in [1.82, 2.24) is 4.90 Å². The zero-order valence-electron chi connectivity index (χ0n) is 36.6. The third kappa shape index (κ3) is 11.5. The summed E-state index contributed by atoms with van der Waals surface area (Å²) in [4.78, 5) is 29.5. The number of Topliss-reactive ketones (excluding diaryl/α,β-unsaturated/α-hetero) is 1. The van der Waals surface area contributed by atoms with Crippen molar-refractivity contribution in [2.24, 2.45) is 23.7 Å². The maximum atomic E-state index is 14.0. The molecule has 0 aromatic rings. The molecule has 17 heteroatoms. The molecule has 338 valence electrons. The number of fused-ring (bicyclic) bond motifs is 1. The van der Waals surface area contributed by atoms with Crippen molar-refractivity contribution >= 4 is 11.8 Å². The zero-order valence-corrected chi connectivity index (χ0v) is 36.6. The van der Waals surface area contributed by atoms with Crippen LogP contribution in [0.4, 0.5) is 0 Å². The lowest BCUT2D eigenvalue weighted by Crippen LogP contribution is -2.63. The molecule has 4 aliphatic rings. The van der Waals surface area contributed by atoms with E-state index in [9.17, 15) is 30.0 Å². The van der Waals surface area contributed by atoms with Crippen LogP contribution in [0, 0.1) is 23.7 Å². The Balaban J connectivity index is 1.66. The van der Waals surface area contributed by atoms with E-state index < -0.39 is 127 Å². The molecule has 17 nitrogen and oxygen atoms in total. The fraction of sp³-hybridized carbons (Fsp3) is 0.951. The second kappa shape index (κ2) is 21.6. The molecule has 4 heterocycles. The van der Waals surface area contributed by atoms with Crippen molar-refractivity contribution in [3.63, 3.8) is 0 Å². The Bertz CT molecular complexity index is 1290. The number of carbonyl (C=O) groups is 2. The molecule has 0 saturated carbocycles. The number of aliphatic hydroxyl groups is 4. The highest BCUT2D eigenvalue weighted by molar-refractivity contribution is 5.80. The van der Waals surface area contributed by atoms with E-state index in [2.05, 4.69) is 0 Å². The first-order valence-electron chi connectivity index (χ1n) is 20.8. The standard InChI is InChI=1S/C41H73NO16/c1-13-28-25(19-53-40-37(52-12)36(51-11)33(47)23(5)55-40)38-41(6,58-38)15-14-26(43)20(2)16-24(17-30(49-9)50-10)35(21(3)27(44)18-29(45)56-28)57-39-34(48)31(42(7)8)32(46)22(4)54-39/h20-25,27-28,30-40,44,46-48H,13-19H2,1-12H3/t20-,21-,22-,23-,24-,25-,27-,28+,31+,32-,33-,34-,35-,36-,37-,38-,39+,40-,41-/m1/s1. The van der Waals surface area contributed by atoms with Crippen LogP contribution in [0.15, 0.2) is 0 Å². The highest BCUT2D eigenvalue weighted by Crippen LogP contribution is 2.48. The maximum absolute atomic E-state index is 14.0. The summed E-state index contributed by atoms with van der Waals surface area (Å²) in [6, 6.07) is -0.723. The fourth-order valence-corrected chi connectivity index (χ4v) is 9.16. The Hall–Kier alpha value is -1.42. The Morgan fingerprint density at radius 1 is 0.862 bits per heavy atom. The Morgan fingerprint density at radius 2 is 1.48 bits per heavy atom. The van der Waals surface area contributed by atoms with E-state index in [1.54, 1.807) is 39.8 Å². The molecule has 0 aromatic carbocycles. The van der Waals surface area contributed by atoms with Gasteiger partial charge in [0.05, 0.1) is 61.3 Å². The summed E-state index contributed by atoms with van der Waals surface area (Å²) in [6.07, 6.45) is -11.0. The monoisotopic (exact) mass is 835 g/mol. The smallest absolute Gasteiger partial charge is 0.308 e. The summed E-state index contributed by atoms with van der Waals surface area (Å²) in [7, 11) is 9.47. The zero-order chi connectivity index (χ0) is 43.2. The molecule has 0 bridgehead atoms. The van der Waals surface area contributed by atoms with Crippen LogP contribution in [0.5, 0.6) is 0 Å². The number of ketones is 1. The summed E-state index contributed by atoms with van der Waals surface area (Å²) in [5.74, 6) is -2.85. The summed E-state index contributed by atoms with van der Waals surface area (Å²) < 4.78 is 60.0. The number of epoxide rings is 1. The van der Waals surface area contributed by atoms with Gasteiger partial charge in [0.1, 0.15) is 36.3 Å². The quantitative estimate of drug-likeness (QED) is 0.117. The van der Waals surface area contributed by atoms with Crippen molar-refractivity contribution in [2.75, 3.05) is 49.1 Å². The van der Waals surface area contributed by atoms with Gasteiger partial charge in [-0.2, -0.15) is 0 Å². The van der Waals surface area contributed by atoms with E-state index in [1.807, 2.05) is 20.8 Å². The molecule has 0 aliphatic carbocycles. The fourth-order valence-electron chi connectivity index (χ4n) is 9.16. The second-order valence-electron chi connectivity index (χ2n) is 17.3. The molecular formula is C41H73NO16. The predicted molar refractivity (Wildman–Crippen MR) is 207 cm³/mol. The van der Waals surface area contributed by atoms with E-state index in [4.69, 9.17) is 47.4 Å². The van der Waals surface area contributed by atoms with Gasteiger partial charge in [0.2, 0.25) is 0 Å². The van der Waals surface area contributed by atoms with Crippen molar-refractivity contribution < 1.29 is 77.4 Å². The van der Waals surface area contributed by atoms with Gasteiger partial charge in [0, 0.05) is 59.0 Å². The molecular weight excluding hydrogens is 762 g/mol. The topological polar surface area (TPSA) is 214 Å². The molecule has 0 radical (unpaired) electrons. The number of rotatable bonds is 13. The number of cyclic esters (lactones) is 1. The van der Waals surface area contributed by atoms with Gasteiger partial charge in [-0.15, -0.1) is 0 Å². The minimum absolute atomic E-state index is 0.00670. The molecule has 0 spiro atoms. The van der Waals surface area contributed by atoms with Gasteiger partial charge in [-0.1, -0.05) is 20.8 Å². The molecule has 4 N–H and O–H groups in total. The average molecular weight is 836 g/mol. The van der Waals surface area contributed by atoms with Crippen LogP contribution in [0.1, 0.15) is 80.1 Å². The maximum Gasteiger partial charge on any atom is 0.308 e. The number of hydrogen-bond donors (Lipinski definition) is 4. The molecule has 58 heavy (non-hydrogen) atoms. The molecule has 0 amide bonds. The molecule has 4 aliphatic heterocycles. The average Bonchev–Trinajstić information content (AvgIpc) is 3.86. The van der Waals surface area contributed by atoms with Gasteiger partial charge in [0.25, 0.3) is 0 Å². The number of methoxy groups -OCH3 is 4. The first kappa shape index (κ1) is 49.2. The minimum Gasteiger partial charge on any atom is -0.462 e. The van der Waals surface area contributed by atoms with E-state index in [0.29, 0.717) is 19.3 Å². The Morgan fingerprint density at radius 3 is 2.07 bits per heavy atom. The SMILES string of the molecule is CC[C@@H]1OC(=O)C[C@@H](O)[C@@H](C)[C@@H](O[C@@H]2O[C@H](C)[C@@H](O)[C@H](N(C)C)[C@H]2O)[C@@H](CC(OC)OC)C[C@@H](C)C(=O)CC[C@@]2(C)O[C@@H]2[C@@H]1CO[C@@H]1O[C@H](C)[C@@H](O)[C@@H](OC)[C@H]1OC. The van der Waals surface area contributed by atoms with Crippen molar-refractivity contribution in [1.29, 1.82) is 0 Å². The highest BCUT2D eigenvalue weighted by atomic mass is 16.7. The number of likely N-dealkylation sites (N-methyl/N-ethyl adjacent to an activating group) is 1. The van der Waals surface area contributed by atoms with Gasteiger partial charge in [-0.25, -0.2) is 0 Å². The number of ether oxygens (including phenoxy) is 10. The first-order valence-corrected chi connectivity index (χ1v) is 20.8. The Kier molecular flexibility index (Phi) is 18.3. The summed E-state index contributed by atoms with van der Waals surface area (Å²) in [5, 5.41) is 44.9. The van der Waals surface area contributed by atoms with Crippen LogP contribution >= 0.6 is 0 Å². The molecule has 4 rings (SSSR count). The van der Waals surface area contributed by atoms with E-state index in [0.717, 1.165) is 0 Å². The third-order valence-electron chi connectivity index (χ3n) is 13.0. The first-order chi connectivity index (χ1) is 27.3. The van der Waals surface area contributed by atoms with E-state index in [1.165, 1.54) is 28.4 Å². The highest BCUT2D eigenvalue weighted by Gasteiger charge is 2.59. The van der Waals surface area contributed by atoms with Gasteiger partial charge in [-0.05, 0) is 60.0 Å². The number of hydrogen-bond acceptors (Lipinski definition) is 17.